The topological polar surface area (TPSA) is 72.7 Å². The van der Waals surface area contributed by atoms with Crippen molar-refractivity contribution in [1.29, 1.82) is 0 Å². The summed E-state index contributed by atoms with van der Waals surface area (Å²) in [6.07, 6.45) is 0. The van der Waals surface area contributed by atoms with E-state index in [0.29, 0.717) is 10.0 Å². The highest BCUT2D eigenvalue weighted by molar-refractivity contribution is 8.01. The van der Waals surface area contributed by atoms with Gasteiger partial charge in [0.2, 0.25) is 5.13 Å². The maximum atomic E-state index is 12.6. The minimum Gasteiger partial charge on any atom is -0.296 e. The van der Waals surface area contributed by atoms with Crippen LogP contribution in [0.25, 0.3) is 15.9 Å². The molecule has 9 heteroatoms. The number of benzene rings is 1. The number of fused-ring (bicyclic) bond motifs is 1. The third-order valence-corrected chi connectivity index (χ3v) is 6.63. The van der Waals surface area contributed by atoms with Gasteiger partial charge in [-0.2, -0.15) is 5.10 Å². The number of thiophene rings is 1. The largest absolute Gasteiger partial charge is 0.296 e. The number of amides is 1. The van der Waals surface area contributed by atoms with Crippen molar-refractivity contribution in [3.63, 3.8) is 0 Å². The van der Waals surface area contributed by atoms with Gasteiger partial charge in [-0.3, -0.25) is 10.1 Å². The SMILES string of the molecule is CCSc1nnc(NC(=O)c2cc3c(C)nn(-c4ccccc4)c3s2)s1. The molecule has 0 aliphatic rings. The second kappa shape index (κ2) is 7.18. The fourth-order valence-corrected chi connectivity index (χ4v) is 5.23. The molecule has 1 aromatic carbocycles. The molecule has 6 nitrogen and oxygen atoms in total. The third-order valence-electron chi connectivity index (χ3n) is 3.66. The Hall–Kier alpha value is -2.23. The zero-order valence-electron chi connectivity index (χ0n) is 14.1. The summed E-state index contributed by atoms with van der Waals surface area (Å²) >= 11 is 4.42. The molecule has 0 atom stereocenters. The minimum atomic E-state index is -0.172. The molecular formula is C17H15N5OS3. The average Bonchev–Trinajstić information content (AvgIpc) is 3.33. The number of nitrogens with zero attached hydrogens (tertiary/aromatic N) is 4. The molecule has 0 saturated carbocycles. The smallest absolute Gasteiger partial charge is 0.267 e. The van der Waals surface area contributed by atoms with Crippen LogP contribution in [-0.2, 0) is 0 Å². The molecule has 4 aromatic rings. The molecule has 3 heterocycles. The maximum absolute atomic E-state index is 12.6. The van der Waals surface area contributed by atoms with Crippen LogP contribution in [0.3, 0.4) is 0 Å². The first kappa shape index (κ1) is 17.2. The molecule has 0 fully saturated rings. The summed E-state index contributed by atoms with van der Waals surface area (Å²) < 4.78 is 2.74. The van der Waals surface area contributed by atoms with Gasteiger partial charge in [0, 0.05) is 5.39 Å². The Labute approximate surface area is 162 Å². The van der Waals surface area contributed by atoms with E-state index >= 15 is 0 Å². The van der Waals surface area contributed by atoms with Gasteiger partial charge in [-0.15, -0.1) is 21.5 Å². The normalized spacial score (nSPS) is 11.2. The van der Waals surface area contributed by atoms with E-state index in [1.54, 1.807) is 11.8 Å². The van der Waals surface area contributed by atoms with Crippen molar-refractivity contribution in [2.24, 2.45) is 0 Å². The fraction of sp³-hybridized carbons (Fsp3) is 0.176. The van der Waals surface area contributed by atoms with Gasteiger partial charge in [0.05, 0.1) is 16.3 Å². The molecule has 0 saturated heterocycles. The monoisotopic (exact) mass is 401 g/mol. The number of nitrogens with one attached hydrogen (secondary N) is 1. The first-order valence-corrected chi connectivity index (χ1v) is 10.6. The van der Waals surface area contributed by atoms with Crippen LogP contribution in [0.2, 0.25) is 0 Å². The third kappa shape index (κ3) is 3.25. The molecule has 0 radical (unpaired) electrons. The fourth-order valence-electron chi connectivity index (χ4n) is 2.50. The Kier molecular flexibility index (Phi) is 4.75. The summed E-state index contributed by atoms with van der Waals surface area (Å²) in [6, 6.07) is 11.8. The maximum Gasteiger partial charge on any atom is 0.267 e. The Morgan fingerprint density at radius 2 is 2.04 bits per heavy atom. The van der Waals surface area contributed by atoms with Gasteiger partial charge in [0.1, 0.15) is 4.83 Å². The highest BCUT2D eigenvalue weighted by atomic mass is 32.2. The van der Waals surface area contributed by atoms with E-state index in [2.05, 4.69) is 27.5 Å². The van der Waals surface area contributed by atoms with E-state index in [-0.39, 0.29) is 5.91 Å². The second-order valence-electron chi connectivity index (χ2n) is 5.42. The van der Waals surface area contributed by atoms with Gasteiger partial charge >= 0.3 is 0 Å². The Morgan fingerprint density at radius 3 is 2.81 bits per heavy atom. The van der Waals surface area contributed by atoms with Crippen LogP contribution in [0.1, 0.15) is 22.3 Å². The summed E-state index contributed by atoms with van der Waals surface area (Å²) in [5.74, 6) is 0.753. The van der Waals surface area contributed by atoms with E-state index in [4.69, 9.17) is 0 Å². The molecule has 132 valence electrons. The van der Waals surface area contributed by atoms with E-state index in [0.717, 1.165) is 31.7 Å². The van der Waals surface area contributed by atoms with E-state index in [9.17, 15) is 4.79 Å². The standard InChI is InChI=1S/C17H15N5OS3/c1-3-24-17-20-19-16(26-17)18-14(23)13-9-12-10(2)21-22(15(12)25-13)11-7-5-4-6-8-11/h4-9H,3H2,1-2H3,(H,18,19,23). The van der Waals surface area contributed by atoms with Crippen LogP contribution in [0, 0.1) is 6.92 Å². The number of aryl methyl sites for hydroxylation is 1. The Morgan fingerprint density at radius 1 is 1.23 bits per heavy atom. The second-order valence-corrected chi connectivity index (χ2v) is 8.94. The van der Waals surface area contributed by atoms with Crippen molar-refractivity contribution in [3.05, 3.63) is 47.0 Å². The molecule has 1 N–H and O–H groups in total. The average molecular weight is 402 g/mol. The predicted octanol–water partition coefficient (Wildman–Crippen LogP) is 4.61. The van der Waals surface area contributed by atoms with Gasteiger partial charge < -0.3 is 0 Å². The zero-order valence-corrected chi connectivity index (χ0v) is 16.5. The highest BCUT2D eigenvalue weighted by Gasteiger charge is 2.18. The lowest BCUT2D eigenvalue weighted by Gasteiger charge is -2.01. The molecule has 3 aromatic heterocycles. The van der Waals surface area contributed by atoms with E-state index in [1.807, 2.05) is 48.0 Å². The Bertz CT molecular complexity index is 1070. The lowest BCUT2D eigenvalue weighted by molar-refractivity contribution is 0.103. The number of carbonyl (C=O) groups is 1. The molecule has 0 unspecified atom stereocenters. The first-order chi connectivity index (χ1) is 12.7. The summed E-state index contributed by atoms with van der Waals surface area (Å²) in [4.78, 5) is 14.2. The number of anilines is 1. The Balaban J connectivity index is 1.63. The van der Waals surface area contributed by atoms with Crippen molar-refractivity contribution in [1.82, 2.24) is 20.0 Å². The first-order valence-electron chi connectivity index (χ1n) is 7.98. The van der Waals surface area contributed by atoms with Crippen molar-refractivity contribution in [3.8, 4) is 5.69 Å². The van der Waals surface area contributed by atoms with Gasteiger partial charge in [0.15, 0.2) is 4.34 Å². The van der Waals surface area contributed by atoms with Crippen LogP contribution in [-0.4, -0.2) is 31.6 Å². The summed E-state index contributed by atoms with van der Waals surface area (Å²) in [7, 11) is 0. The molecule has 0 aliphatic heterocycles. The van der Waals surface area contributed by atoms with Crippen LogP contribution >= 0.6 is 34.4 Å². The summed E-state index contributed by atoms with van der Waals surface area (Å²) in [6.45, 7) is 4.01. The van der Waals surface area contributed by atoms with Crippen molar-refractivity contribution in [2.45, 2.75) is 18.2 Å². The van der Waals surface area contributed by atoms with Crippen LogP contribution in [0.5, 0.6) is 0 Å². The van der Waals surface area contributed by atoms with Crippen molar-refractivity contribution < 1.29 is 4.79 Å². The molecule has 0 bridgehead atoms. The summed E-state index contributed by atoms with van der Waals surface area (Å²) in [5, 5.41) is 17.0. The number of hydrogen-bond acceptors (Lipinski definition) is 7. The zero-order chi connectivity index (χ0) is 18.1. The minimum absolute atomic E-state index is 0.172. The number of rotatable bonds is 5. The number of carbonyl (C=O) groups excluding carboxylic acids is 1. The molecular weight excluding hydrogens is 386 g/mol. The molecule has 4 rings (SSSR count). The van der Waals surface area contributed by atoms with Gasteiger partial charge in [-0.25, -0.2) is 4.68 Å². The van der Waals surface area contributed by atoms with E-state index < -0.39 is 0 Å². The molecule has 0 spiro atoms. The molecule has 1 amide bonds. The van der Waals surface area contributed by atoms with Crippen molar-refractivity contribution in [2.75, 3.05) is 11.1 Å². The van der Waals surface area contributed by atoms with Gasteiger partial charge in [-0.1, -0.05) is 48.2 Å². The predicted molar refractivity (Wildman–Crippen MR) is 108 cm³/mol. The van der Waals surface area contributed by atoms with Crippen LogP contribution < -0.4 is 5.32 Å². The van der Waals surface area contributed by atoms with Crippen LogP contribution in [0.4, 0.5) is 5.13 Å². The van der Waals surface area contributed by atoms with E-state index in [1.165, 1.54) is 22.7 Å². The number of thioether (sulfide) groups is 1. The lowest BCUT2D eigenvalue weighted by Crippen LogP contribution is -2.09. The molecule has 26 heavy (non-hydrogen) atoms. The van der Waals surface area contributed by atoms with Crippen molar-refractivity contribution >= 4 is 55.7 Å². The van der Waals surface area contributed by atoms with Gasteiger partial charge in [0.25, 0.3) is 5.91 Å². The quantitative estimate of drug-likeness (QED) is 0.390. The number of aromatic nitrogens is 4. The number of hydrogen-bond donors (Lipinski definition) is 1. The molecule has 0 aliphatic carbocycles. The number of para-hydroxylation sites is 1. The van der Waals surface area contributed by atoms with Crippen LogP contribution in [0.15, 0.2) is 40.7 Å². The lowest BCUT2D eigenvalue weighted by atomic mass is 10.3. The van der Waals surface area contributed by atoms with Gasteiger partial charge in [-0.05, 0) is 30.9 Å². The summed E-state index contributed by atoms with van der Waals surface area (Å²) in [5.41, 5.74) is 1.88. The highest BCUT2D eigenvalue weighted by Crippen LogP contribution is 2.31.